The van der Waals surface area contributed by atoms with Gasteiger partial charge in [0.1, 0.15) is 0 Å². The van der Waals surface area contributed by atoms with Gasteiger partial charge in [-0.05, 0) is 23.8 Å². The summed E-state index contributed by atoms with van der Waals surface area (Å²) in [6, 6.07) is 11.4. The van der Waals surface area contributed by atoms with Gasteiger partial charge in [0.2, 0.25) is 5.75 Å². The Balaban J connectivity index is 1.46. The lowest BCUT2D eigenvalue weighted by molar-refractivity contribution is -0.122. The lowest BCUT2D eigenvalue weighted by Crippen LogP contribution is -2.48. The second kappa shape index (κ2) is 11.7. The van der Waals surface area contributed by atoms with E-state index in [1.54, 1.807) is 39.7 Å². The molecule has 2 aromatic rings. The number of ether oxygens (including phenoxy) is 3. The fourth-order valence-corrected chi connectivity index (χ4v) is 3.76. The van der Waals surface area contributed by atoms with Crippen LogP contribution in [-0.4, -0.2) is 76.0 Å². The highest BCUT2D eigenvalue weighted by Gasteiger charge is 2.19. The SMILES string of the molecule is COc1cc(C=NNC(=O)CN2CCN(Cc3ccccc3Cl)CC2)cc(OC)c1OC. The molecule has 0 aromatic heterocycles. The minimum Gasteiger partial charge on any atom is -0.493 e. The van der Waals surface area contributed by atoms with Crippen LogP contribution in [-0.2, 0) is 11.3 Å². The second-order valence-corrected chi connectivity index (χ2v) is 7.80. The van der Waals surface area contributed by atoms with Gasteiger partial charge in [-0.2, -0.15) is 5.10 Å². The largest absolute Gasteiger partial charge is 0.493 e. The quantitative estimate of drug-likeness (QED) is 0.458. The van der Waals surface area contributed by atoms with Gasteiger partial charge in [0, 0.05) is 43.3 Å². The van der Waals surface area contributed by atoms with Crippen LogP contribution >= 0.6 is 11.6 Å². The maximum atomic E-state index is 12.3. The van der Waals surface area contributed by atoms with Gasteiger partial charge in [-0.25, -0.2) is 5.43 Å². The van der Waals surface area contributed by atoms with E-state index in [4.69, 9.17) is 25.8 Å². The Bertz CT molecular complexity index is 920. The van der Waals surface area contributed by atoms with Gasteiger partial charge in [0.05, 0.1) is 34.1 Å². The number of carbonyl (C=O) groups excluding carboxylic acids is 1. The number of hydrogen-bond donors (Lipinski definition) is 1. The lowest BCUT2D eigenvalue weighted by Gasteiger charge is -2.34. The van der Waals surface area contributed by atoms with Crippen molar-refractivity contribution in [2.45, 2.75) is 6.54 Å². The molecular formula is C23H29ClN4O4. The predicted molar refractivity (Wildman–Crippen MR) is 125 cm³/mol. The molecule has 0 atom stereocenters. The number of methoxy groups -OCH3 is 3. The third-order valence-electron chi connectivity index (χ3n) is 5.27. The van der Waals surface area contributed by atoms with E-state index in [-0.39, 0.29) is 5.91 Å². The van der Waals surface area contributed by atoms with E-state index in [1.165, 1.54) is 0 Å². The number of amides is 1. The molecule has 0 saturated carbocycles. The minimum atomic E-state index is -0.159. The maximum Gasteiger partial charge on any atom is 0.254 e. The molecule has 172 valence electrons. The molecule has 1 aliphatic heterocycles. The molecule has 1 N–H and O–H groups in total. The smallest absolute Gasteiger partial charge is 0.254 e. The summed E-state index contributed by atoms with van der Waals surface area (Å²) in [7, 11) is 4.65. The Kier molecular flexibility index (Phi) is 8.72. The van der Waals surface area contributed by atoms with Crippen molar-refractivity contribution >= 4 is 23.7 Å². The van der Waals surface area contributed by atoms with Crippen LogP contribution in [0.1, 0.15) is 11.1 Å². The highest BCUT2D eigenvalue weighted by atomic mass is 35.5. The summed E-state index contributed by atoms with van der Waals surface area (Å²) in [6.07, 6.45) is 1.55. The van der Waals surface area contributed by atoms with E-state index in [0.29, 0.717) is 29.4 Å². The van der Waals surface area contributed by atoms with Crippen molar-refractivity contribution in [1.82, 2.24) is 15.2 Å². The lowest BCUT2D eigenvalue weighted by atomic mass is 10.2. The van der Waals surface area contributed by atoms with Gasteiger partial charge in [0.25, 0.3) is 5.91 Å². The van der Waals surface area contributed by atoms with Crippen LogP contribution in [0.3, 0.4) is 0 Å². The first kappa shape index (κ1) is 23.8. The molecule has 3 rings (SSSR count). The summed E-state index contributed by atoms with van der Waals surface area (Å²) in [5.41, 5.74) is 4.43. The van der Waals surface area contributed by atoms with Crippen LogP contribution in [0.15, 0.2) is 41.5 Å². The van der Waals surface area contributed by atoms with Gasteiger partial charge in [-0.3, -0.25) is 14.6 Å². The molecule has 1 fully saturated rings. The van der Waals surface area contributed by atoms with E-state index in [9.17, 15) is 4.79 Å². The molecule has 1 amide bonds. The zero-order valence-electron chi connectivity index (χ0n) is 18.6. The molecule has 1 aliphatic rings. The molecule has 8 nitrogen and oxygen atoms in total. The Morgan fingerprint density at radius 2 is 1.66 bits per heavy atom. The first-order chi connectivity index (χ1) is 15.5. The molecule has 0 radical (unpaired) electrons. The van der Waals surface area contributed by atoms with Crippen molar-refractivity contribution in [3.05, 3.63) is 52.5 Å². The summed E-state index contributed by atoms with van der Waals surface area (Å²) >= 11 is 6.26. The molecule has 2 aromatic carbocycles. The monoisotopic (exact) mass is 460 g/mol. The van der Waals surface area contributed by atoms with Crippen LogP contribution in [0.2, 0.25) is 5.02 Å². The van der Waals surface area contributed by atoms with E-state index in [1.807, 2.05) is 24.3 Å². The maximum absolute atomic E-state index is 12.3. The van der Waals surface area contributed by atoms with Gasteiger partial charge in [-0.15, -0.1) is 0 Å². The zero-order chi connectivity index (χ0) is 22.9. The Labute approximate surface area is 193 Å². The molecule has 1 saturated heterocycles. The van der Waals surface area contributed by atoms with Crippen molar-refractivity contribution < 1.29 is 19.0 Å². The van der Waals surface area contributed by atoms with Crippen molar-refractivity contribution in [3.63, 3.8) is 0 Å². The van der Waals surface area contributed by atoms with E-state index < -0.39 is 0 Å². The number of benzene rings is 2. The average Bonchev–Trinajstić information content (AvgIpc) is 2.81. The van der Waals surface area contributed by atoms with Crippen LogP contribution in [0.5, 0.6) is 17.2 Å². The topological polar surface area (TPSA) is 75.6 Å². The molecule has 0 spiro atoms. The number of piperazine rings is 1. The summed E-state index contributed by atoms with van der Waals surface area (Å²) in [6.45, 7) is 4.51. The number of hydrogen-bond acceptors (Lipinski definition) is 7. The Morgan fingerprint density at radius 1 is 1.03 bits per heavy atom. The Morgan fingerprint density at radius 3 is 2.25 bits per heavy atom. The normalized spacial score (nSPS) is 15.0. The number of hydrazone groups is 1. The third kappa shape index (κ3) is 6.35. The van der Waals surface area contributed by atoms with Crippen molar-refractivity contribution in [2.24, 2.45) is 5.10 Å². The minimum absolute atomic E-state index is 0.159. The highest BCUT2D eigenvalue weighted by molar-refractivity contribution is 6.31. The summed E-state index contributed by atoms with van der Waals surface area (Å²) < 4.78 is 16.0. The van der Waals surface area contributed by atoms with Crippen molar-refractivity contribution in [1.29, 1.82) is 0 Å². The summed E-state index contributed by atoms with van der Waals surface area (Å²) in [4.78, 5) is 16.8. The van der Waals surface area contributed by atoms with Crippen LogP contribution in [0.25, 0.3) is 0 Å². The van der Waals surface area contributed by atoms with E-state index in [0.717, 1.165) is 43.3 Å². The third-order valence-corrected chi connectivity index (χ3v) is 5.64. The number of halogens is 1. The first-order valence-electron chi connectivity index (χ1n) is 10.3. The van der Waals surface area contributed by atoms with Crippen molar-refractivity contribution in [2.75, 3.05) is 54.1 Å². The van der Waals surface area contributed by atoms with Gasteiger partial charge < -0.3 is 14.2 Å². The van der Waals surface area contributed by atoms with Gasteiger partial charge >= 0.3 is 0 Å². The van der Waals surface area contributed by atoms with Crippen molar-refractivity contribution in [3.8, 4) is 17.2 Å². The van der Waals surface area contributed by atoms with E-state index >= 15 is 0 Å². The Hall–Kier alpha value is -2.81. The van der Waals surface area contributed by atoms with Crippen LogP contribution < -0.4 is 19.6 Å². The van der Waals surface area contributed by atoms with E-state index in [2.05, 4.69) is 20.3 Å². The summed E-state index contributed by atoms with van der Waals surface area (Å²) in [5.74, 6) is 1.39. The number of rotatable bonds is 9. The number of nitrogens with one attached hydrogen (secondary N) is 1. The predicted octanol–water partition coefficient (Wildman–Crippen LogP) is 2.63. The van der Waals surface area contributed by atoms with Gasteiger partial charge in [-0.1, -0.05) is 29.8 Å². The average molecular weight is 461 g/mol. The number of carbonyl (C=O) groups is 1. The molecule has 0 unspecified atom stereocenters. The molecule has 0 bridgehead atoms. The molecule has 32 heavy (non-hydrogen) atoms. The molecule has 0 aliphatic carbocycles. The van der Waals surface area contributed by atoms with Gasteiger partial charge in [0.15, 0.2) is 11.5 Å². The zero-order valence-corrected chi connectivity index (χ0v) is 19.4. The molecule has 9 heteroatoms. The van der Waals surface area contributed by atoms with Crippen LogP contribution in [0.4, 0.5) is 0 Å². The molecular weight excluding hydrogens is 432 g/mol. The second-order valence-electron chi connectivity index (χ2n) is 7.40. The standard InChI is InChI=1S/C23H29ClN4O4/c1-30-20-12-17(13-21(31-2)23(20)32-3)14-25-26-22(29)16-28-10-8-27(9-11-28)15-18-6-4-5-7-19(18)24/h4-7,12-14H,8-11,15-16H2,1-3H3,(H,26,29). The summed E-state index contributed by atoms with van der Waals surface area (Å²) in [5, 5.41) is 4.86. The highest BCUT2D eigenvalue weighted by Crippen LogP contribution is 2.37. The fourth-order valence-electron chi connectivity index (χ4n) is 3.57. The van der Waals surface area contributed by atoms with Crippen LogP contribution in [0, 0.1) is 0 Å². The fraction of sp³-hybridized carbons (Fsp3) is 0.391. The molecule has 1 heterocycles. The first-order valence-corrected chi connectivity index (χ1v) is 10.7. The number of nitrogens with zero attached hydrogens (tertiary/aromatic N) is 3.